The molecule has 0 bridgehead atoms. The second-order valence-corrected chi connectivity index (χ2v) is 7.23. The highest BCUT2D eigenvalue weighted by Crippen LogP contribution is 2.40. The Labute approximate surface area is 160 Å². The smallest absolute Gasteiger partial charge is 0.337 e. The van der Waals surface area contributed by atoms with Gasteiger partial charge in [0.05, 0.1) is 28.5 Å². The molecule has 4 aromatic rings. The normalized spacial score (nSPS) is 15.9. The summed E-state index contributed by atoms with van der Waals surface area (Å²) in [4.78, 5) is 11.3. The van der Waals surface area contributed by atoms with Gasteiger partial charge in [-0.3, -0.25) is 0 Å². The number of nitrogens with one attached hydrogen (secondary N) is 1. The van der Waals surface area contributed by atoms with E-state index in [9.17, 15) is 14.3 Å². The first-order valence-corrected chi connectivity index (χ1v) is 9.29. The van der Waals surface area contributed by atoms with E-state index in [-0.39, 0.29) is 11.6 Å². The molecule has 0 spiro atoms. The molecule has 142 valence electrons. The molecule has 1 aliphatic rings. The lowest BCUT2D eigenvalue weighted by molar-refractivity contribution is 0.0695. The number of carboxylic acids is 1. The molecule has 1 unspecified atom stereocenters. The third kappa shape index (κ3) is 2.19. The van der Waals surface area contributed by atoms with Gasteiger partial charge in [-0.2, -0.15) is 5.10 Å². The van der Waals surface area contributed by atoms with E-state index in [0.717, 1.165) is 41.3 Å². The molecule has 1 atom stereocenters. The lowest BCUT2D eigenvalue weighted by Crippen LogP contribution is -2.23. The molecule has 1 aromatic carbocycles. The average molecular weight is 378 g/mol. The quantitative estimate of drug-likeness (QED) is 0.551. The van der Waals surface area contributed by atoms with Gasteiger partial charge in [0.25, 0.3) is 0 Å². The van der Waals surface area contributed by atoms with Crippen molar-refractivity contribution in [2.45, 2.75) is 26.3 Å². The van der Waals surface area contributed by atoms with E-state index >= 15 is 0 Å². The number of para-hydroxylation sites is 1. The van der Waals surface area contributed by atoms with Gasteiger partial charge in [0.1, 0.15) is 17.0 Å². The molecule has 5 rings (SSSR count). The van der Waals surface area contributed by atoms with E-state index in [1.165, 1.54) is 10.7 Å². The van der Waals surface area contributed by atoms with Gasteiger partial charge >= 0.3 is 5.97 Å². The van der Waals surface area contributed by atoms with E-state index in [1.54, 1.807) is 0 Å². The number of hydrogen-bond acceptors (Lipinski definition) is 3. The van der Waals surface area contributed by atoms with Crippen LogP contribution in [-0.2, 0) is 0 Å². The van der Waals surface area contributed by atoms with Crippen molar-refractivity contribution in [3.63, 3.8) is 0 Å². The number of aromatic nitrogens is 3. The molecule has 0 saturated carbocycles. The number of carbonyl (C=O) groups is 1. The Morgan fingerprint density at radius 1 is 1.36 bits per heavy atom. The van der Waals surface area contributed by atoms with Crippen LogP contribution in [-0.4, -0.2) is 31.8 Å². The molecule has 0 saturated heterocycles. The molecule has 2 N–H and O–H groups in total. The summed E-state index contributed by atoms with van der Waals surface area (Å²) in [6.45, 7) is 4.79. The monoisotopic (exact) mass is 378 g/mol. The molecule has 28 heavy (non-hydrogen) atoms. The van der Waals surface area contributed by atoms with E-state index in [2.05, 4.69) is 40.1 Å². The van der Waals surface area contributed by atoms with E-state index < -0.39 is 11.8 Å². The SMILES string of the molecule is CCC1CNc2cccc3cc(-c4nn5cc(C(=O)O)cc(F)c5c4C)n1c23. The van der Waals surface area contributed by atoms with Gasteiger partial charge < -0.3 is 15.0 Å². The Morgan fingerprint density at radius 3 is 2.93 bits per heavy atom. The van der Waals surface area contributed by atoms with Crippen LogP contribution in [0.3, 0.4) is 0 Å². The zero-order valence-electron chi connectivity index (χ0n) is 15.5. The molecule has 6 nitrogen and oxygen atoms in total. The maximum Gasteiger partial charge on any atom is 0.337 e. The minimum Gasteiger partial charge on any atom is -0.478 e. The van der Waals surface area contributed by atoms with Gasteiger partial charge in [-0.25, -0.2) is 13.7 Å². The topological polar surface area (TPSA) is 71.6 Å². The molecular weight excluding hydrogens is 359 g/mol. The fraction of sp³-hybridized carbons (Fsp3) is 0.238. The molecular formula is C21H19FN4O2. The molecule has 7 heteroatoms. The lowest BCUT2D eigenvalue weighted by Gasteiger charge is -2.28. The number of aromatic carboxylic acids is 1. The number of halogens is 1. The predicted molar refractivity (Wildman–Crippen MR) is 106 cm³/mol. The highest BCUT2D eigenvalue weighted by Gasteiger charge is 2.26. The summed E-state index contributed by atoms with van der Waals surface area (Å²) in [7, 11) is 0. The Bertz CT molecular complexity index is 1270. The molecule has 0 radical (unpaired) electrons. The Morgan fingerprint density at radius 2 is 2.18 bits per heavy atom. The van der Waals surface area contributed by atoms with Gasteiger partial charge in [-0.15, -0.1) is 0 Å². The number of pyridine rings is 1. The summed E-state index contributed by atoms with van der Waals surface area (Å²) >= 11 is 0. The molecule has 1 aliphatic heterocycles. The zero-order valence-corrected chi connectivity index (χ0v) is 15.5. The van der Waals surface area contributed by atoms with Crippen molar-refractivity contribution in [2.24, 2.45) is 0 Å². The van der Waals surface area contributed by atoms with Crippen molar-refractivity contribution in [2.75, 3.05) is 11.9 Å². The van der Waals surface area contributed by atoms with Crippen LogP contribution in [0.2, 0.25) is 0 Å². The number of hydrogen-bond donors (Lipinski definition) is 2. The fourth-order valence-corrected chi connectivity index (χ4v) is 4.27. The second-order valence-electron chi connectivity index (χ2n) is 7.23. The summed E-state index contributed by atoms with van der Waals surface area (Å²) in [6, 6.07) is 9.52. The first-order valence-electron chi connectivity index (χ1n) is 9.29. The minimum atomic E-state index is -1.18. The maximum atomic E-state index is 14.7. The van der Waals surface area contributed by atoms with Crippen molar-refractivity contribution in [1.82, 2.24) is 14.2 Å². The van der Waals surface area contributed by atoms with E-state index in [1.807, 2.05) is 13.0 Å². The Balaban J connectivity index is 1.83. The lowest BCUT2D eigenvalue weighted by atomic mass is 10.1. The predicted octanol–water partition coefficient (Wildman–Crippen LogP) is 4.48. The zero-order chi connectivity index (χ0) is 19.6. The van der Waals surface area contributed by atoms with Crippen molar-refractivity contribution in [3.8, 4) is 11.4 Å². The molecule has 4 heterocycles. The first kappa shape index (κ1) is 16.8. The molecule has 0 fully saturated rings. The summed E-state index contributed by atoms with van der Waals surface area (Å²) in [5.41, 5.74) is 4.67. The first-order chi connectivity index (χ1) is 13.5. The average Bonchev–Trinajstić information content (AvgIpc) is 3.22. The third-order valence-electron chi connectivity index (χ3n) is 5.63. The number of benzene rings is 1. The van der Waals surface area contributed by atoms with Crippen LogP contribution in [0.5, 0.6) is 0 Å². The second kappa shape index (κ2) is 5.82. The number of anilines is 1. The standard InChI is InChI=1S/C21H19FN4O2/c1-3-14-9-23-16-6-4-5-12-8-17(26(14)20(12)16)18-11(2)19-15(22)7-13(21(27)28)10-25(19)24-18/h4-8,10,14,23H,3,9H2,1-2H3,(H,27,28). The Kier molecular flexibility index (Phi) is 3.49. The minimum absolute atomic E-state index is 0.126. The third-order valence-corrected chi connectivity index (χ3v) is 5.63. The largest absolute Gasteiger partial charge is 0.478 e. The van der Waals surface area contributed by atoms with Crippen LogP contribution in [0.1, 0.15) is 35.3 Å². The van der Waals surface area contributed by atoms with Crippen LogP contribution in [0, 0.1) is 12.7 Å². The van der Waals surface area contributed by atoms with Crippen LogP contribution >= 0.6 is 0 Å². The highest BCUT2D eigenvalue weighted by molar-refractivity contribution is 5.97. The number of fused-ring (bicyclic) bond motifs is 1. The van der Waals surface area contributed by atoms with Gasteiger partial charge in [0.2, 0.25) is 0 Å². The number of carboxylic acid groups (broad SMARTS) is 1. The number of nitrogens with zero attached hydrogens (tertiary/aromatic N) is 3. The molecule has 0 amide bonds. The Hall–Kier alpha value is -3.35. The van der Waals surface area contributed by atoms with E-state index in [4.69, 9.17) is 0 Å². The molecule has 3 aromatic heterocycles. The van der Waals surface area contributed by atoms with Gasteiger partial charge in [0, 0.05) is 23.7 Å². The van der Waals surface area contributed by atoms with Crippen LogP contribution in [0.25, 0.3) is 27.8 Å². The summed E-state index contributed by atoms with van der Waals surface area (Å²) < 4.78 is 18.3. The fourth-order valence-electron chi connectivity index (χ4n) is 4.27. The van der Waals surface area contributed by atoms with Crippen molar-refractivity contribution in [3.05, 3.63) is 53.5 Å². The maximum absolute atomic E-state index is 14.7. The number of aryl methyl sites for hydroxylation is 1. The van der Waals surface area contributed by atoms with Crippen molar-refractivity contribution >= 4 is 28.1 Å². The van der Waals surface area contributed by atoms with Crippen molar-refractivity contribution in [1.29, 1.82) is 0 Å². The van der Waals surface area contributed by atoms with Crippen molar-refractivity contribution < 1.29 is 14.3 Å². The number of rotatable bonds is 3. The summed E-state index contributed by atoms with van der Waals surface area (Å²) in [5.74, 6) is -1.76. The summed E-state index contributed by atoms with van der Waals surface area (Å²) in [6.07, 6.45) is 2.31. The van der Waals surface area contributed by atoms with Crippen LogP contribution in [0.15, 0.2) is 36.5 Å². The molecule has 0 aliphatic carbocycles. The van der Waals surface area contributed by atoms with Crippen LogP contribution in [0.4, 0.5) is 10.1 Å². The van der Waals surface area contributed by atoms with Gasteiger partial charge in [-0.05, 0) is 31.5 Å². The summed E-state index contributed by atoms with van der Waals surface area (Å²) in [5, 5.41) is 18.4. The van der Waals surface area contributed by atoms with Gasteiger partial charge in [-0.1, -0.05) is 19.1 Å². The highest BCUT2D eigenvalue weighted by atomic mass is 19.1. The van der Waals surface area contributed by atoms with Gasteiger partial charge in [0.15, 0.2) is 0 Å². The van der Waals surface area contributed by atoms with E-state index in [0.29, 0.717) is 16.8 Å². The van der Waals surface area contributed by atoms with Crippen LogP contribution < -0.4 is 5.32 Å².